The molecule has 2 unspecified atom stereocenters. The van der Waals surface area contributed by atoms with Gasteiger partial charge in [-0.15, -0.1) is 0 Å². The van der Waals surface area contributed by atoms with Gasteiger partial charge in [0.2, 0.25) is 0 Å². The molecular weight excluding hydrogens is 216 g/mol. The summed E-state index contributed by atoms with van der Waals surface area (Å²) in [6.45, 7) is 3.96. The molecule has 0 aromatic heterocycles. The maximum Gasteiger partial charge on any atom is 0.156 e. The Morgan fingerprint density at radius 3 is 2.80 bits per heavy atom. The van der Waals surface area contributed by atoms with E-state index in [0.29, 0.717) is 13.2 Å². The smallest absolute Gasteiger partial charge is 0.156 e. The lowest BCUT2D eigenvalue weighted by molar-refractivity contribution is -0.00686. The van der Waals surface area contributed by atoms with Gasteiger partial charge in [-0.3, -0.25) is 0 Å². The molecular formula is C9H20N2O3S. The molecule has 2 atom stereocenters. The van der Waals surface area contributed by atoms with Crippen molar-refractivity contribution in [3.63, 3.8) is 0 Å². The molecule has 0 aliphatic carbocycles. The Morgan fingerprint density at radius 1 is 1.60 bits per heavy atom. The van der Waals surface area contributed by atoms with Gasteiger partial charge in [0, 0.05) is 19.6 Å². The normalized spacial score (nSPS) is 26.5. The molecule has 1 aliphatic rings. The second kappa shape index (κ2) is 5.25. The molecule has 0 aromatic rings. The first kappa shape index (κ1) is 12.9. The van der Waals surface area contributed by atoms with Crippen molar-refractivity contribution in [2.75, 3.05) is 39.0 Å². The van der Waals surface area contributed by atoms with E-state index in [4.69, 9.17) is 10.5 Å². The fourth-order valence-corrected chi connectivity index (χ4v) is 2.88. The highest BCUT2D eigenvalue weighted by atomic mass is 32.2. The SMILES string of the molecule is CC(CN)S(=O)(=O)CC1CN(C)CCO1. The number of likely N-dealkylation sites (N-methyl/N-ethyl adjacent to an activating group) is 1. The molecule has 0 amide bonds. The van der Waals surface area contributed by atoms with Crippen LogP contribution in [-0.2, 0) is 14.6 Å². The predicted octanol–water partition coefficient (Wildman–Crippen LogP) is -0.921. The van der Waals surface area contributed by atoms with E-state index in [1.807, 2.05) is 7.05 Å². The summed E-state index contributed by atoms with van der Waals surface area (Å²) in [6.07, 6.45) is -0.206. The van der Waals surface area contributed by atoms with Crippen LogP contribution in [0.3, 0.4) is 0 Å². The van der Waals surface area contributed by atoms with Gasteiger partial charge < -0.3 is 15.4 Å². The molecule has 1 saturated heterocycles. The number of rotatable bonds is 4. The number of nitrogens with two attached hydrogens (primary N) is 1. The van der Waals surface area contributed by atoms with Crippen LogP contribution in [0.1, 0.15) is 6.92 Å². The van der Waals surface area contributed by atoms with Crippen LogP contribution >= 0.6 is 0 Å². The van der Waals surface area contributed by atoms with E-state index in [1.165, 1.54) is 0 Å². The predicted molar refractivity (Wildman–Crippen MR) is 59.5 cm³/mol. The highest BCUT2D eigenvalue weighted by Gasteiger charge is 2.27. The van der Waals surface area contributed by atoms with Gasteiger partial charge in [-0.2, -0.15) is 0 Å². The standard InChI is InChI=1S/C9H20N2O3S/c1-8(5-10)15(12,13)7-9-6-11(2)3-4-14-9/h8-9H,3-7,10H2,1-2H3. The zero-order valence-electron chi connectivity index (χ0n) is 9.35. The second-order valence-corrected chi connectivity index (χ2v) is 6.59. The van der Waals surface area contributed by atoms with E-state index in [1.54, 1.807) is 6.92 Å². The van der Waals surface area contributed by atoms with E-state index < -0.39 is 15.1 Å². The van der Waals surface area contributed by atoms with Crippen LogP contribution in [0.5, 0.6) is 0 Å². The Bertz CT molecular complexity index is 292. The highest BCUT2D eigenvalue weighted by Crippen LogP contribution is 2.09. The Morgan fingerprint density at radius 2 is 2.27 bits per heavy atom. The lowest BCUT2D eigenvalue weighted by atomic mass is 10.3. The molecule has 1 fully saturated rings. The number of sulfone groups is 1. The molecule has 0 bridgehead atoms. The molecule has 1 heterocycles. The summed E-state index contributed by atoms with van der Waals surface area (Å²) >= 11 is 0. The molecule has 0 spiro atoms. The lowest BCUT2D eigenvalue weighted by Gasteiger charge is -2.30. The number of hydrogen-bond acceptors (Lipinski definition) is 5. The van der Waals surface area contributed by atoms with Crippen molar-refractivity contribution in [3.8, 4) is 0 Å². The highest BCUT2D eigenvalue weighted by molar-refractivity contribution is 7.92. The first-order valence-electron chi connectivity index (χ1n) is 5.17. The summed E-state index contributed by atoms with van der Waals surface area (Å²) in [4.78, 5) is 2.08. The Hall–Kier alpha value is -0.170. The van der Waals surface area contributed by atoms with Gasteiger partial charge in [0.15, 0.2) is 9.84 Å². The topological polar surface area (TPSA) is 72.6 Å². The molecule has 90 valence electrons. The quantitative estimate of drug-likeness (QED) is 0.683. The van der Waals surface area contributed by atoms with E-state index >= 15 is 0 Å². The van der Waals surface area contributed by atoms with Crippen LogP contribution in [0.4, 0.5) is 0 Å². The molecule has 15 heavy (non-hydrogen) atoms. The average molecular weight is 236 g/mol. The summed E-state index contributed by atoms with van der Waals surface area (Å²) in [5.74, 6) is 0.0791. The number of morpholine rings is 1. The van der Waals surface area contributed by atoms with Gasteiger partial charge in [-0.25, -0.2) is 8.42 Å². The maximum absolute atomic E-state index is 11.8. The molecule has 0 radical (unpaired) electrons. The van der Waals surface area contributed by atoms with E-state index in [-0.39, 0.29) is 18.4 Å². The zero-order valence-corrected chi connectivity index (χ0v) is 10.2. The van der Waals surface area contributed by atoms with Crippen molar-refractivity contribution in [3.05, 3.63) is 0 Å². The van der Waals surface area contributed by atoms with Crippen molar-refractivity contribution >= 4 is 9.84 Å². The first-order valence-corrected chi connectivity index (χ1v) is 6.89. The minimum Gasteiger partial charge on any atom is -0.375 e. The fourth-order valence-electron chi connectivity index (χ4n) is 1.54. The van der Waals surface area contributed by atoms with Gasteiger partial charge in [0.25, 0.3) is 0 Å². The molecule has 1 aliphatic heterocycles. The van der Waals surface area contributed by atoms with Gasteiger partial charge in [-0.1, -0.05) is 0 Å². The van der Waals surface area contributed by atoms with Crippen molar-refractivity contribution in [1.82, 2.24) is 4.90 Å². The lowest BCUT2D eigenvalue weighted by Crippen LogP contribution is -2.45. The molecule has 2 N–H and O–H groups in total. The monoisotopic (exact) mass is 236 g/mol. The van der Waals surface area contributed by atoms with Crippen molar-refractivity contribution in [2.45, 2.75) is 18.3 Å². The zero-order chi connectivity index (χ0) is 11.5. The van der Waals surface area contributed by atoms with Gasteiger partial charge in [-0.05, 0) is 14.0 Å². The molecule has 1 rings (SSSR count). The van der Waals surface area contributed by atoms with Crippen LogP contribution in [0.15, 0.2) is 0 Å². The van der Waals surface area contributed by atoms with Crippen LogP contribution in [-0.4, -0.2) is 63.7 Å². The Balaban J connectivity index is 2.53. The molecule has 5 nitrogen and oxygen atoms in total. The minimum atomic E-state index is -3.11. The number of nitrogens with zero attached hydrogens (tertiary/aromatic N) is 1. The number of ether oxygens (including phenoxy) is 1. The summed E-state index contributed by atoms with van der Waals surface area (Å²) in [6, 6.07) is 0. The summed E-state index contributed by atoms with van der Waals surface area (Å²) in [5.41, 5.74) is 5.36. The largest absolute Gasteiger partial charge is 0.375 e. The molecule has 6 heteroatoms. The van der Waals surface area contributed by atoms with Crippen molar-refractivity contribution in [1.29, 1.82) is 0 Å². The second-order valence-electron chi connectivity index (χ2n) is 4.13. The van der Waals surface area contributed by atoms with E-state index in [2.05, 4.69) is 4.90 Å². The van der Waals surface area contributed by atoms with Gasteiger partial charge >= 0.3 is 0 Å². The summed E-state index contributed by atoms with van der Waals surface area (Å²) in [5, 5.41) is -0.478. The van der Waals surface area contributed by atoms with Crippen molar-refractivity contribution in [2.24, 2.45) is 5.73 Å². The minimum absolute atomic E-state index is 0.0791. The third-order valence-corrected chi connectivity index (χ3v) is 4.96. The van der Waals surface area contributed by atoms with Crippen molar-refractivity contribution < 1.29 is 13.2 Å². The molecule has 0 saturated carbocycles. The van der Waals surface area contributed by atoms with Crippen LogP contribution in [0.25, 0.3) is 0 Å². The maximum atomic E-state index is 11.8. The van der Waals surface area contributed by atoms with Crippen LogP contribution in [0, 0.1) is 0 Å². The van der Waals surface area contributed by atoms with Gasteiger partial charge in [0.05, 0.1) is 23.7 Å². The third-order valence-electron chi connectivity index (χ3n) is 2.71. The Labute approximate surface area is 91.5 Å². The van der Waals surface area contributed by atoms with E-state index in [9.17, 15) is 8.42 Å². The summed E-state index contributed by atoms with van der Waals surface area (Å²) < 4.78 is 28.9. The summed E-state index contributed by atoms with van der Waals surface area (Å²) in [7, 11) is -1.14. The first-order chi connectivity index (χ1) is 6.95. The fraction of sp³-hybridized carbons (Fsp3) is 1.00. The third kappa shape index (κ3) is 3.71. The van der Waals surface area contributed by atoms with E-state index in [0.717, 1.165) is 6.54 Å². The average Bonchev–Trinajstić information content (AvgIpc) is 2.15. The molecule has 0 aromatic carbocycles. The van der Waals surface area contributed by atoms with Crippen LogP contribution in [0.2, 0.25) is 0 Å². The van der Waals surface area contributed by atoms with Crippen LogP contribution < -0.4 is 5.73 Å². The Kier molecular flexibility index (Phi) is 4.51. The number of hydrogen-bond donors (Lipinski definition) is 1. The van der Waals surface area contributed by atoms with Gasteiger partial charge in [0.1, 0.15) is 0 Å².